The minimum atomic E-state index is -3.58. The van der Waals surface area contributed by atoms with Gasteiger partial charge in [0.05, 0.1) is 10.6 Å². The van der Waals surface area contributed by atoms with Gasteiger partial charge in [0, 0.05) is 28.9 Å². The molecule has 0 aliphatic heterocycles. The van der Waals surface area contributed by atoms with Crippen LogP contribution in [-0.4, -0.2) is 19.9 Å². The number of aromatic nitrogens is 1. The van der Waals surface area contributed by atoms with Crippen LogP contribution in [-0.2, 0) is 16.4 Å². The average Bonchev–Trinajstić information content (AvgIpc) is 3.04. The number of nitrogens with one attached hydrogen (secondary N) is 1. The molecule has 0 saturated carbocycles. The molecule has 0 bridgehead atoms. The lowest BCUT2D eigenvalue weighted by molar-refractivity contribution is 0.581. The molecule has 1 N–H and O–H groups in total. The smallest absolute Gasteiger partial charge is 0.240 e. The SMILES string of the molecule is O=S(=O)(NCCc1csc(-c2cccc(F)c2)n1)c1ccc(Cl)cc1. The third-order valence-electron chi connectivity index (χ3n) is 3.42. The number of benzene rings is 2. The van der Waals surface area contributed by atoms with E-state index in [1.165, 1.54) is 47.7 Å². The van der Waals surface area contributed by atoms with E-state index in [1.807, 2.05) is 5.38 Å². The molecular formula is C17H14ClFN2O2S2. The summed E-state index contributed by atoms with van der Waals surface area (Å²) in [5.41, 5.74) is 1.46. The summed E-state index contributed by atoms with van der Waals surface area (Å²) in [6.07, 6.45) is 0.443. The Hall–Kier alpha value is -1.80. The van der Waals surface area contributed by atoms with Gasteiger partial charge in [-0.3, -0.25) is 0 Å². The number of hydrogen-bond donors (Lipinski definition) is 1. The molecule has 0 aliphatic carbocycles. The van der Waals surface area contributed by atoms with E-state index in [0.717, 1.165) is 5.69 Å². The largest absolute Gasteiger partial charge is 0.241 e. The highest BCUT2D eigenvalue weighted by molar-refractivity contribution is 7.89. The van der Waals surface area contributed by atoms with Gasteiger partial charge in [0.25, 0.3) is 0 Å². The van der Waals surface area contributed by atoms with Crippen LogP contribution in [0.2, 0.25) is 5.02 Å². The van der Waals surface area contributed by atoms with Crippen molar-refractivity contribution in [2.24, 2.45) is 0 Å². The zero-order valence-corrected chi connectivity index (χ0v) is 15.3. The van der Waals surface area contributed by atoms with Crippen molar-refractivity contribution < 1.29 is 12.8 Å². The van der Waals surface area contributed by atoms with E-state index in [-0.39, 0.29) is 17.3 Å². The summed E-state index contributed by atoms with van der Waals surface area (Å²) in [5.74, 6) is -0.315. The zero-order valence-electron chi connectivity index (χ0n) is 12.9. The highest BCUT2D eigenvalue weighted by Crippen LogP contribution is 2.24. The van der Waals surface area contributed by atoms with Crippen LogP contribution in [0.25, 0.3) is 10.6 Å². The van der Waals surface area contributed by atoms with E-state index < -0.39 is 10.0 Å². The summed E-state index contributed by atoms with van der Waals surface area (Å²) >= 11 is 7.16. The second-order valence-electron chi connectivity index (χ2n) is 5.26. The van der Waals surface area contributed by atoms with Gasteiger partial charge in [-0.2, -0.15) is 0 Å². The first-order valence-corrected chi connectivity index (χ1v) is 10.1. The van der Waals surface area contributed by atoms with Gasteiger partial charge in [0.2, 0.25) is 10.0 Å². The van der Waals surface area contributed by atoms with Crippen LogP contribution >= 0.6 is 22.9 Å². The molecule has 0 spiro atoms. The fourth-order valence-electron chi connectivity index (χ4n) is 2.19. The normalized spacial score (nSPS) is 11.6. The lowest BCUT2D eigenvalue weighted by Crippen LogP contribution is -2.26. The van der Waals surface area contributed by atoms with Crippen molar-refractivity contribution in [2.75, 3.05) is 6.54 Å². The zero-order chi connectivity index (χ0) is 17.9. The molecule has 3 rings (SSSR count). The quantitative estimate of drug-likeness (QED) is 0.681. The van der Waals surface area contributed by atoms with Gasteiger partial charge in [-0.25, -0.2) is 22.5 Å². The second-order valence-corrected chi connectivity index (χ2v) is 8.32. The number of thiazole rings is 1. The maximum Gasteiger partial charge on any atom is 0.240 e. The Morgan fingerprint density at radius 3 is 2.64 bits per heavy atom. The maximum atomic E-state index is 13.3. The topological polar surface area (TPSA) is 59.1 Å². The monoisotopic (exact) mass is 396 g/mol. The molecule has 2 aromatic carbocycles. The van der Waals surface area contributed by atoms with Crippen LogP contribution in [0.15, 0.2) is 58.8 Å². The average molecular weight is 397 g/mol. The van der Waals surface area contributed by atoms with Crippen LogP contribution in [0.4, 0.5) is 4.39 Å². The van der Waals surface area contributed by atoms with Crippen molar-refractivity contribution in [1.29, 1.82) is 0 Å². The minimum absolute atomic E-state index is 0.163. The molecule has 0 radical (unpaired) electrons. The van der Waals surface area contributed by atoms with E-state index >= 15 is 0 Å². The molecule has 0 amide bonds. The Balaban J connectivity index is 1.62. The highest BCUT2D eigenvalue weighted by atomic mass is 35.5. The Morgan fingerprint density at radius 2 is 1.92 bits per heavy atom. The number of sulfonamides is 1. The van der Waals surface area contributed by atoms with E-state index in [2.05, 4.69) is 9.71 Å². The van der Waals surface area contributed by atoms with Crippen LogP contribution in [0, 0.1) is 5.82 Å². The Bertz CT molecular complexity index is 972. The van der Waals surface area contributed by atoms with Gasteiger partial charge in [0.15, 0.2) is 0 Å². The molecule has 4 nitrogen and oxygen atoms in total. The molecule has 1 aromatic heterocycles. The van der Waals surface area contributed by atoms with E-state index in [9.17, 15) is 12.8 Å². The lowest BCUT2D eigenvalue weighted by atomic mass is 10.2. The van der Waals surface area contributed by atoms with Gasteiger partial charge < -0.3 is 0 Å². The number of nitrogens with zero attached hydrogens (tertiary/aromatic N) is 1. The molecule has 0 fully saturated rings. The number of rotatable bonds is 6. The summed E-state index contributed by atoms with van der Waals surface area (Å²) in [6.45, 7) is 0.220. The van der Waals surface area contributed by atoms with Gasteiger partial charge in [-0.1, -0.05) is 23.7 Å². The number of hydrogen-bond acceptors (Lipinski definition) is 4. The van der Waals surface area contributed by atoms with Crippen molar-refractivity contribution >= 4 is 33.0 Å². The Kier molecular flexibility index (Phi) is 5.48. The summed E-state index contributed by atoms with van der Waals surface area (Å²) in [5, 5.41) is 3.03. The maximum absolute atomic E-state index is 13.3. The summed E-state index contributed by atoms with van der Waals surface area (Å²) in [4.78, 5) is 4.59. The van der Waals surface area contributed by atoms with Gasteiger partial charge >= 0.3 is 0 Å². The van der Waals surface area contributed by atoms with Crippen molar-refractivity contribution in [3.63, 3.8) is 0 Å². The van der Waals surface area contributed by atoms with Gasteiger partial charge in [-0.15, -0.1) is 11.3 Å². The van der Waals surface area contributed by atoms with Crippen LogP contribution in [0.5, 0.6) is 0 Å². The van der Waals surface area contributed by atoms with E-state index in [0.29, 0.717) is 22.0 Å². The summed E-state index contributed by atoms with van der Waals surface area (Å²) in [6, 6.07) is 12.2. The van der Waals surface area contributed by atoms with Crippen LogP contribution in [0.3, 0.4) is 0 Å². The van der Waals surface area contributed by atoms with Gasteiger partial charge in [-0.05, 0) is 36.4 Å². The summed E-state index contributed by atoms with van der Waals surface area (Å²) in [7, 11) is -3.58. The van der Waals surface area contributed by atoms with Gasteiger partial charge in [0.1, 0.15) is 10.8 Å². The first-order chi connectivity index (χ1) is 11.9. The van der Waals surface area contributed by atoms with Crippen molar-refractivity contribution in [2.45, 2.75) is 11.3 Å². The standard InChI is InChI=1S/C17H14ClFN2O2S2/c18-13-4-6-16(7-5-13)25(22,23)20-9-8-15-11-24-17(21-15)12-2-1-3-14(19)10-12/h1-7,10-11,20H,8-9H2. The van der Waals surface area contributed by atoms with Crippen molar-refractivity contribution in [3.05, 3.63) is 70.4 Å². The third-order valence-corrected chi connectivity index (χ3v) is 6.09. The fourth-order valence-corrected chi connectivity index (χ4v) is 4.20. The summed E-state index contributed by atoms with van der Waals surface area (Å²) < 4.78 is 40.2. The minimum Gasteiger partial charge on any atom is -0.241 e. The molecule has 8 heteroatoms. The fraction of sp³-hybridized carbons (Fsp3) is 0.118. The third kappa shape index (κ3) is 4.64. The Morgan fingerprint density at radius 1 is 1.16 bits per heavy atom. The highest BCUT2D eigenvalue weighted by Gasteiger charge is 2.13. The van der Waals surface area contributed by atoms with E-state index in [4.69, 9.17) is 11.6 Å². The molecule has 0 atom stereocenters. The lowest BCUT2D eigenvalue weighted by Gasteiger charge is -2.05. The molecular weight excluding hydrogens is 383 g/mol. The predicted octanol–water partition coefficient (Wildman–Crippen LogP) is 4.12. The van der Waals surface area contributed by atoms with Crippen molar-refractivity contribution in [3.8, 4) is 10.6 Å². The van der Waals surface area contributed by atoms with E-state index in [1.54, 1.807) is 12.1 Å². The first-order valence-electron chi connectivity index (χ1n) is 7.40. The molecule has 0 aliphatic rings. The molecule has 0 unspecified atom stereocenters. The molecule has 1 heterocycles. The van der Waals surface area contributed by atoms with Crippen molar-refractivity contribution in [1.82, 2.24) is 9.71 Å². The number of halogens is 2. The molecule has 130 valence electrons. The van der Waals surface area contributed by atoms with Crippen LogP contribution < -0.4 is 4.72 Å². The predicted molar refractivity (Wildman–Crippen MR) is 97.9 cm³/mol. The second kappa shape index (κ2) is 7.61. The first kappa shape index (κ1) is 18.0. The molecule has 3 aromatic rings. The molecule has 25 heavy (non-hydrogen) atoms. The Labute approximate surface area is 154 Å². The molecule has 0 saturated heterocycles. The van der Waals surface area contributed by atoms with Crippen LogP contribution in [0.1, 0.15) is 5.69 Å².